The lowest BCUT2D eigenvalue weighted by molar-refractivity contribution is -0.137. The van der Waals surface area contributed by atoms with Gasteiger partial charge in [0.05, 0.1) is 6.04 Å². The SMILES string of the molecule is CC(C)C[C@@H](Nc1ccc(C(=O)CCCC(=O)O)cc1)c1ccc(-c2nnc(-c3ccccc3)o2)cc1. The van der Waals surface area contributed by atoms with E-state index < -0.39 is 5.97 Å². The molecule has 4 rings (SSSR count). The van der Waals surface area contributed by atoms with Crippen molar-refractivity contribution in [3.63, 3.8) is 0 Å². The van der Waals surface area contributed by atoms with Crippen molar-refractivity contribution in [2.24, 2.45) is 5.92 Å². The van der Waals surface area contributed by atoms with Gasteiger partial charge in [-0.1, -0.05) is 44.2 Å². The van der Waals surface area contributed by atoms with Gasteiger partial charge < -0.3 is 14.8 Å². The van der Waals surface area contributed by atoms with Gasteiger partial charge >= 0.3 is 5.97 Å². The highest BCUT2D eigenvalue weighted by molar-refractivity contribution is 5.96. The molecule has 0 spiro atoms. The van der Waals surface area contributed by atoms with Crippen LogP contribution in [-0.2, 0) is 4.79 Å². The molecule has 0 saturated carbocycles. The minimum Gasteiger partial charge on any atom is -0.481 e. The molecule has 4 aromatic rings. The fraction of sp³-hybridized carbons (Fsp3) is 0.267. The van der Waals surface area contributed by atoms with Crippen LogP contribution in [0.1, 0.15) is 61.5 Å². The molecule has 7 nitrogen and oxygen atoms in total. The van der Waals surface area contributed by atoms with E-state index in [2.05, 4.69) is 41.5 Å². The fourth-order valence-electron chi connectivity index (χ4n) is 4.14. The number of benzene rings is 3. The molecular formula is C30H31N3O4. The van der Waals surface area contributed by atoms with E-state index >= 15 is 0 Å². The number of aliphatic carboxylic acids is 1. The van der Waals surface area contributed by atoms with E-state index in [0.717, 1.165) is 28.8 Å². The molecule has 0 aliphatic heterocycles. The third-order valence-corrected chi connectivity index (χ3v) is 6.06. The van der Waals surface area contributed by atoms with Gasteiger partial charge in [-0.05, 0) is 72.9 Å². The van der Waals surface area contributed by atoms with E-state index in [1.807, 2.05) is 54.6 Å². The van der Waals surface area contributed by atoms with Crippen molar-refractivity contribution in [1.82, 2.24) is 10.2 Å². The maximum Gasteiger partial charge on any atom is 0.303 e. The van der Waals surface area contributed by atoms with E-state index in [1.165, 1.54) is 0 Å². The molecule has 0 fully saturated rings. The molecule has 0 aliphatic rings. The minimum absolute atomic E-state index is 0.00172. The fourth-order valence-corrected chi connectivity index (χ4v) is 4.14. The first-order chi connectivity index (χ1) is 17.9. The summed E-state index contributed by atoms with van der Waals surface area (Å²) in [4.78, 5) is 23.0. The predicted molar refractivity (Wildman–Crippen MR) is 143 cm³/mol. The Kier molecular flexibility index (Phi) is 8.46. The van der Waals surface area contributed by atoms with Crippen LogP contribution in [0.3, 0.4) is 0 Å². The number of hydrogen-bond acceptors (Lipinski definition) is 6. The molecule has 190 valence electrons. The number of hydrogen-bond donors (Lipinski definition) is 2. The van der Waals surface area contributed by atoms with E-state index in [1.54, 1.807) is 12.1 Å². The van der Waals surface area contributed by atoms with Crippen LogP contribution < -0.4 is 5.32 Å². The maximum absolute atomic E-state index is 12.3. The van der Waals surface area contributed by atoms with Crippen molar-refractivity contribution in [3.8, 4) is 22.9 Å². The van der Waals surface area contributed by atoms with Crippen LogP contribution in [-0.4, -0.2) is 27.1 Å². The Bertz CT molecular complexity index is 1310. The number of nitrogens with zero attached hydrogens (tertiary/aromatic N) is 2. The van der Waals surface area contributed by atoms with Crippen molar-refractivity contribution in [2.45, 2.75) is 45.6 Å². The standard InChI is InChI=1S/C30H31N3O4/c1-20(2)19-26(31-25-17-15-22(16-18-25)27(34)9-6-10-28(35)36)21-11-13-24(14-12-21)30-33-32-29(37-30)23-7-4-3-5-8-23/h3-5,7-8,11-18,20,26,31H,6,9-10,19H2,1-2H3,(H,35,36)/t26-/m1/s1. The molecule has 0 unspecified atom stereocenters. The number of rotatable bonds is 12. The summed E-state index contributed by atoms with van der Waals surface area (Å²) in [6.07, 6.45) is 1.50. The smallest absolute Gasteiger partial charge is 0.303 e. The number of ketones is 1. The second-order valence-corrected chi connectivity index (χ2v) is 9.47. The highest BCUT2D eigenvalue weighted by atomic mass is 16.4. The van der Waals surface area contributed by atoms with E-state index in [4.69, 9.17) is 9.52 Å². The lowest BCUT2D eigenvalue weighted by Crippen LogP contribution is -2.13. The number of carboxylic acids is 1. The monoisotopic (exact) mass is 497 g/mol. The first kappa shape index (κ1) is 25.8. The summed E-state index contributed by atoms with van der Waals surface area (Å²) < 4.78 is 5.89. The zero-order valence-corrected chi connectivity index (χ0v) is 21.1. The number of carboxylic acid groups (broad SMARTS) is 1. The van der Waals surface area contributed by atoms with Gasteiger partial charge in [-0.25, -0.2) is 0 Å². The molecule has 1 atom stereocenters. The molecule has 1 heterocycles. The summed E-state index contributed by atoms with van der Waals surface area (Å²) >= 11 is 0. The summed E-state index contributed by atoms with van der Waals surface area (Å²) in [7, 11) is 0. The van der Waals surface area contributed by atoms with E-state index in [0.29, 0.717) is 29.7 Å². The minimum atomic E-state index is -0.884. The van der Waals surface area contributed by atoms with Crippen LogP contribution in [0.4, 0.5) is 5.69 Å². The van der Waals surface area contributed by atoms with Crippen LogP contribution in [0.25, 0.3) is 22.9 Å². The summed E-state index contributed by atoms with van der Waals surface area (Å²) in [6.45, 7) is 4.37. The van der Waals surface area contributed by atoms with Gasteiger partial charge in [-0.2, -0.15) is 0 Å². The molecular weight excluding hydrogens is 466 g/mol. The van der Waals surface area contributed by atoms with E-state index in [-0.39, 0.29) is 24.7 Å². The van der Waals surface area contributed by atoms with Crippen molar-refractivity contribution in [3.05, 3.63) is 90.0 Å². The number of carbonyl (C=O) groups is 2. The molecule has 0 aliphatic carbocycles. The quantitative estimate of drug-likeness (QED) is 0.202. The van der Waals surface area contributed by atoms with Gasteiger partial charge in [0.1, 0.15) is 0 Å². The second kappa shape index (κ2) is 12.1. The van der Waals surface area contributed by atoms with Gasteiger partial charge in [-0.3, -0.25) is 9.59 Å². The van der Waals surface area contributed by atoms with Crippen LogP contribution in [0.15, 0.2) is 83.3 Å². The van der Waals surface area contributed by atoms with Crippen LogP contribution >= 0.6 is 0 Å². The maximum atomic E-state index is 12.3. The molecule has 0 saturated heterocycles. The van der Waals surface area contributed by atoms with Crippen molar-refractivity contribution in [2.75, 3.05) is 5.32 Å². The van der Waals surface area contributed by atoms with Gasteiger partial charge in [0.25, 0.3) is 0 Å². The average Bonchev–Trinajstić information content (AvgIpc) is 3.39. The Balaban J connectivity index is 1.44. The molecule has 2 N–H and O–H groups in total. The largest absolute Gasteiger partial charge is 0.481 e. The zero-order chi connectivity index (χ0) is 26.2. The highest BCUT2D eigenvalue weighted by Crippen LogP contribution is 2.29. The van der Waals surface area contributed by atoms with Gasteiger partial charge in [0.15, 0.2) is 5.78 Å². The number of aromatic nitrogens is 2. The van der Waals surface area contributed by atoms with Crippen molar-refractivity contribution < 1.29 is 19.1 Å². The second-order valence-electron chi connectivity index (χ2n) is 9.47. The Morgan fingerprint density at radius 2 is 1.46 bits per heavy atom. The van der Waals surface area contributed by atoms with Crippen LogP contribution in [0.5, 0.6) is 0 Å². The third kappa shape index (κ3) is 7.13. The Morgan fingerprint density at radius 1 is 0.838 bits per heavy atom. The number of Topliss-reactive ketones (excluding diaryl/α,β-unsaturated/α-hetero) is 1. The first-order valence-electron chi connectivity index (χ1n) is 12.5. The molecule has 37 heavy (non-hydrogen) atoms. The van der Waals surface area contributed by atoms with Gasteiger partial charge in [-0.15, -0.1) is 10.2 Å². The van der Waals surface area contributed by atoms with E-state index in [9.17, 15) is 9.59 Å². The zero-order valence-electron chi connectivity index (χ0n) is 21.1. The molecule has 0 radical (unpaired) electrons. The molecule has 3 aromatic carbocycles. The normalized spacial score (nSPS) is 11.9. The molecule has 0 amide bonds. The lowest BCUT2D eigenvalue weighted by atomic mass is 9.95. The lowest BCUT2D eigenvalue weighted by Gasteiger charge is -2.22. The number of nitrogens with one attached hydrogen (secondary N) is 1. The van der Waals surface area contributed by atoms with Crippen LogP contribution in [0.2, 0.25) is 0 Å². The average molecular weight is 498 g/mol. The molecule has 1 aromatic heterocycles. The van der Waals surface area contributed by atoms with Crippen LogP contribution in [0, 0.1) is 5.92 Å². The summed E-state index contributed by atoms with van der Waals surface area (Å²) in [5, 5.41) is 20.8. The van der Waals surface area contributed by atoms with Gasteiger partial charge in [0, 0.05) is 35.2 Å². The topological polar surface area (TPSA) is 105 Å². The van der Waals surface area contributed by atoms with Crippen molar-refractivity contribution in [1.29, 1.82) is 0 Å². The Morgan fingerprint density at radius 3 is 2.05 bits per heavy atom. The Hall–Kier alpha value is -4.26. The predicted octanol–water partition coefficient (Wildman–Crippen LogP) is 7.04. The number of anilines is 1. The van der Waals surface area contributed by atoms with Crippen molar-refractivity contribution >= 4 is 17.4 Å². The highest BCUT2D eigenvalue weighted by Gasteiger charge is 2.16. The summed E-state index contributed by atoms with van der Waals surface area (Å²) in [5.74, 6) is 0.506. The Labute approximate surface area is 216 Å². The number of carbonyl (C=O) groups excluding carboxylic acids is 1. The summed E-state index contributed by atoms with van der Waals surface area (Å²) in [6, 6.07) is 25.3. The molecule has 7 heteroatoms. The molecule has 0 bridgehead atoms. The first-order valence-corrected chi connectivity index (χ1v) is 12.5. The third-order valence-electron chi connectivity index (χ3n) is 6.06. The summed E-state index contributed by atoms with van der Waals surface area (Å²) in [5.41, 5.74) is 4.38. The van der Waals surface area contributed by atoms with Gasteiger partial charge in [0.2, 0.25) is 11.8 Å².